The van der Waals surface area contributed by atoms with Gasteiger partial charge in [-0.2, -0.15) is 6.55 Å². The zero-order valence-corrected chi connectivity index (χ0v) is 24.1. The van der Waals surface area contributed by atoms with E-state index in [1.54, 1.807) is 0 Å². The largest absolute Gasteiger partial charge is 1.00 e. The van der Waals surface area contributed by atoms with Crippen LogP contribution >= 0.6 is 0 Å². The second-order valence-corrected chi connectivity index (χ2v) is 77.2. The van der Waals surface area contributed by atoms with Crippen LogP contribution in [0, 0.1) is 0 Å². The van der Waals surface area contributed by atoms with Gasteiger partial charge in [-0.05, 0) is 0 Å². The molecule has 1 aliphatic rings. The van der Waals surface area contributed by atoms with Crippen molar-refractivity contribution >= 4 is 43.4 Å². The van der Waals surface area contributed by atoms with Gasteiger partial charge in [0.25, 0.3) is 0 Å². The van der Waals surface area contributed by atoms with Crippen LogP contribution < -0.4 is 51.4 Å². The van der Waals surface area contributed by atoms with E-state index in [9.17, 15) is 0 Å². The Hall–Kier alpha value is 2.94. The molecule has 0 aromatic rings. The third-order valence-electron chi connectivity index (χ3n) is 8.12. The van der Waals surface area contributed by atoms with Gasteiger partial charge < -0.3 is 0 Å². The van der Waals surface area contributed by atoms with Crippen LogP contribution in [0.4, 0.5) is 0 Å². The van der Waals surface area contributed by atoms with Crippen LogP contribution in [0.2, 0.25) is 72.0 Å². The fourth-order valence-corrected chi connectivity index (χ4v) is 224. The van der Waals surface area contributed by atoms with E-state index in [-0.39, 0.29) is 59.2 Å². The number of hydrogen-bond donors (Lipinski definition) is 0. The van der Waals surface area contributed by atoms with Crippen LogP contribution in [0.15, 0.2) is 0 Å². The first-order valence-corrected chi connectivity index (χ1v) is 30.0. The van der Waals surface area contributed by atoms with Gasteiger partial charge in [0.05, 0.1) is 0 Å². The number of rotatable bonds is 0. The fraction of sp³-hybridized carbons (Fsp3) is 1.00. The predicted octanol–water partition coefficient (Wildman–Crippen LogP) is 1.14. The molecule has 0 aromatic carbocycles. The van der Waals surface area contributed by atoms with Gasteiger partial charge in [0.15, 0.2) is 0 Å². The topological polar surface area (TPSA) is 0 Å². The van der Waals surface area contributed by atoms with Crippen molar-refractivity contribution in [1.29, 1.82) is 0 Å². The Morgan fingerprint density at radius 2 is 0.722 bits per heavy atom. The smallest absolute Gasteiger partial charge is 0.263 e. The maximum atomic E-state index is 2.82. The molecule has 7 heteroatoms. The summed E-state index contributed by atoms with van der Waals surface area (Å²) in [4.78, 5) is 0. The molecule has 1 aliphatic heterocycles. The van der Waals surface area contributed by atoms with Crippen molar-refractivity contribution in [3.8, 4) is 0 Å². The Kier molecular flexibility index (Phi) is 6.44. The summed E-state index contributed by atoms with van der Waals surface area (Å²) in [5, 5.41) is 0. The average Bonchev–Trinajstić information content (AvgIpc) is 2.13. The Balaban J connectivity index is 0.00000289. The van der Waals surface area contributed by atoms with Gasteiger partial charge in [-0.25, -0.2) is 0 Å². The summed E-state index contributed by atoms with van der Waals surface area (Å²) in [6.45, 7) is 30.9. The molecule has 18 heavy (non-hydrogen) atoms. The third kappa shape index (κ3) is 2.35. The van der Waals surface area contributed by atoms with E-state index in [0.717, 1.165) is 0 Å². The fourth-order valence-electron chi connectivity index (χ4n) is 4.06. The maximum absolute atomic E-state index is 2.82. The van der Waals surface area contributed by atoms with Crippen molar-refractivity contribution in [1.82, 2.24) is 0 Å². The summed E-state index contributed by atoms with van der Waals surface area (Å²) in [5.74, 6) is 0. The molecule has 0 atom stereocenters. The summed E-state index contributed by atoms with van der Waals surface area (Å²) < 4.78 is 0. The molecule has 0 N–H and O–H groups in total. The molecule has 0 saturated carbocycles. The third-order valence-corrected chi connectivity index (χ3v) is 150. The van der Waals surface area contributed by atoms with Crippen LogP contribution in [0.5, 0.6) is 0 Å². The van der Waals surface area contributed by atoms with Crippen molar-refractivity contribution in [3.63, 3.8) is 0 Å². The van der Waals surface area contributed by atoms with Crippen molar-refractivity contribution < 1.29 is 51.4 Å². The first kappa shape index (κ1) is 20.9. The Morgan fingerprint density at radius 3 is 0.944 bits per heavy atom. The molecule has 0 radical (unpaired) electrons. The molecule has 0 unspecified atom stereocenters. The Bertz CT molecular complexity index is 304. The molecule has 0 bridgehead atoms. The Morgan fingerprint density at radius 1 is 0.500 bits per heavy atom. The van der Waals surface area contributed by atoms with Crippen LogP contribution in [0.3, 0.4) is 0 Å². The maximum Gasteiger partial charge on any atom is 1.00 e. The SMILES string of the molecule is C[Si-]1[Si](C)(C)[Si](C)(C)[Si](C)(C)[Si](C)(C)[Si]1(C)C.[K+]. The minimum absolute atomic E-state index is 0. The predicted molar refractivity (Wildman–Crippen MR) is 99.0 cm³/mol. The van der Waals surface area contributed by atoms with E-state index in [4.69, 9.17) is 0 Å². The van der Waals surface area contributed by atoms with E-state index >= 15 is 0 Å². The first-order valence-electron chi connectivity index (χ1n) is 7.00. The van der Waals surface area contributed by atoms with E-state index in [2.05, 4.69) is 72.0 Å². The van der Waals surface area contributed by atoms with Crippen molar-refractivity contribution in [3.05, 3.63) is 0 Å². The molecule has 0 aromatic heterocycles. The second-order valence-electron chi connectivity index (χ2n) is 8.75. The van der Waals surface area contributed by atoms with Gasteiger partial charge in [0.1, 0.15) is 0 Å². The molecule has 0 amide bonds. The molecule has 0 nitrogen and oxygen atoms in total. The van der Waals surface area contributed by atoms with Gasteiger partial charge in [0, 0.05) is 21.3 Å². The summed E-state index contributed by atoms with van der Waals surface area (Å²) in [5.41, 5.74) is 0. The van der Waals surface area contributed by atoms with Crippen molar-refractivity contribution in [2.75, 3.05) is 0 Å². The zero-order chi connectivity index (χ0) is 14.1. The summed E-state index contributed by atoms with van der Waals surface area (Å²) in [6, 6.07) is 0. The van der Waals surface area contributed by atoms with Crippen molar-refractivity contribution in [2.24, 2.45) is 0 Å². The zero-order valence-electron chi connectivity index (χ0n) is 15.0. The molecule has 1 fully saturated rings. The number of hydrogen-bond acceptors (Lipinski definition) is 0. The molecular formula is C11H33KSi6. The molecule has 1 rings (SSSR count). The average molecular weight is 373 g/mol. The first-order chi connectivity index (χ1) is 7.15. The van der Waals surface area contributed by atoms with Gasteiger partial charge >= 0.3 is 51.4 Å². The van der Waals surface area contributed by atoms with Crippen molar-refractivity contribution in [2.45, 2.75) is 72.0 Å². The molecular weight excluding hydrogens is 340 g/mol. The van der Waals surface area contributed by atoms with Gasteiger partial charge in [-0.15, -0.1) is 14.2 Å². The summed E-state index contributed by atoms with van der Waals surface area (Å²) >= 11 is 0. The standard InChI is InChI=1S/C11H33Si6.K/c1-12-13(2,3)15(6,7)17(10,11)16(8,9)14(12,4)5;/h1-11H3;/q-1;+1. The van der Waals surface area contributed by atoms with Crippen LogP contribution in [-0.4, -0.2) is 43.4 Å². The Labute approximate surface area is 164 Å². The van der Waals surface area contributed by atoms with E-state index in [0.29, 0.717) is 0 Å². The van der Waals surface area contributed by atoms with Gasteiger partial charge in [0.2, 0.25) is 0 Å². The van der Waals surface area contributed by atoms with E-state index in [1.165, 1.54) is 0 Å². The molecule has 1 heterocycles. The van der Waals surface area contributed by atoms with Crippen LogP contribution in [0.25, 0.3) is 0 Å². The minimum atomic E-state index is -0.932. The summed E-state index contributed by atoms with van der Waals surface area (Å²) in [7, 11) is -4.52. The monoisotopic (exact) mass is 372 g/mol. The molecule has 1 saturated heterocycles. The van der Waals surface area contributed by atoms with Crippen LogP contribution in [0.1, 0.15) is 0 Å². The normalized spacial score (nSPS) is 31.5. The quantitative estimate of drug-likeness (QED) is 0.559. The summed E-state index contributed by atoms with van der Waals surface area (Å²) in [6.07, 6.45) is 0. The minimum Gasteiger partial charge on any atom is -0.263 e. The second kappa shape index (κ2) is 5.54. The molecule has 0 aliphatic carbocycles. The molecule has 102 valence electrons. The van der Waals surface area contributed by atoms with E-state index < -0.39 is 35.5 Å². The van der Waals surface area contributed by atoms with Gasteiger partial charge in [-0.1, -0.05) is 65.5 Å². The van der Waals surface area contributed by atoms with Gasteiger partial charge in [-0.3, -0.25) is 7.83 Å². The van der Waals surface area contributed by atoms with Crippen LogP contribution in [-0.2, 0) is 0 Å². The molecule has 0 spiro atoms. The van der Waals surface area contributed by atoms with E-state index in [1.807, 2.05) is 0 Å².